The molecule has 0 aliphatic carbocycles. The lowest BCUT2D eigenvalue weighted by atomic mass is 10.0. The van der Waals surface area contributed by atoms with E-state index in [1.165, 1.54) is 294 Å². The van der Waals surface area contributed by atoms with E-state index in [1.54, 1.807) is 0 Å². The van der Waals surface area contributed by atoms with Gasteiger partial charge in [0.15, 0.2) is 0 Å². The summed E-state index contributed by atoms with van der Waals surface area (Å²) in [6, 6.07) is 16.9. The highest BCUT2D eigenvalue weighted by Gasteiger charge is 2.02. The van der Waals surface area contributed by atoms with Gasteiger partial charge in [0.05, 0.1) is 11.4 Å². The number of nitrogens with zero attached hydrogens (tertiary/aromatic N) is 2. The van der Waals surface area contributed by atoms with Crippen molar-refractivity contribution in [2.45, 2.75) is 335 Å². The summed E-state index contributed by atoms with van der Waals surface area (Å²) in [7, 11) is 0. The highest BCUT2D eigenvalue weighted by molar-refractivity contribution is 6.17. The summed E-state index contributed by atoms with van der Waals surface area (Å²) >= 11 is 0. The summed E-state index contributed by atoms with van der Waals surface area (Å²) in [5.74, 6) is 13.8. The van der Waals surface area contributed by atoms with Crippen LogP contribution in [0.25, 0.3) is 0 Å². The molecule has 0 aromatic heterocycles. The van der Waals surface area contributed by atoms with Gasteiger partial charge in [0, 0.05) is 38.1 Å². The molecular weight excluding hydrogens is 869 g/mol. The van der Waals surface area contributed by atoms with E-state index in [1.807, 2.05) is 12.4 Å². The van der Waals surface area contributed by atoms with Crippen molar-refractivity contribution in [2.75, 3.05) is 0 Å². The van der Waals surface area contributed by atoms with Crippen molar-refractivity contribution in [3.05, 3.63) is 59.7 Å². The molecule has 0 radical (unpaired) electrons. The fraction of sp³-hybridized carbons (Fsp3) is 0.743. The smallest absolute Gasteiger partial charge is 0.0662 e. The van der Waals surface area contributed by atoms with E-state index >= 15 is 0 Å². The van der Waals surface area contributed by atoms with Crippen molar-refractivity contribution in [2.24, 2.45) is 9.98 Å². The average molecular weight is 986 g/mol. The lowest BCUT2D eigenvalue weighted by Gasteiger charge is -2.04. The Kier molecular flexibility index (Phi) is 48.9. The maximum absolute atomic E-state index is 4.79. The second kappa shape index (κ2) is 54.2. The van der Waals surface area contributed by atoms with Crippen LogP contribution in [-0.2, 0) is 12.8 Å². The van der Waals surface area contributed by atoms with Gasteiger partial charge < -0.3 is 0 Å². The van der Waals surface area contributed by atoms with Crippen LogP contribution in [0.15, 0.2) is 58.5 Å². The van der Waals surface area contributed by atoms with Gasteiger partial charge in [0.25, 0.3) is 0 Å². The molecule has 0 heterocycles. The van der Waals surface area contributed by atoms with Gasteiger partial charge in [-0.15, -0.1) is 23.7 Å². The molecule has 72 heavy (non-hydrogen) atoms. The first kappa shape index (κ1) is 65.0. The van der Waals surface area contributed by atoms with E-state index in [9.17, 15) is 0 Å². The van der Waals surface area contributed by atoms with Crippen molar-refractivity contribution in [3.8, 4) is 23.7 Å². The minimum Gasteiger partial charge on any atom is -0.255 e. The third-order valence-corrected chi connectivity index (χ3v) is 15.1. The van der Waals surface area contributed by atoms with Crippen LogP contribution in [0.3, 0.4) is 0 Å². The molecule has 2 nitrogen and oxygen atoms in total. The van der Waals surface area contributed by atoms with Crippen LogP contribution in [0.5, 0.6) is 0 Å². The van der Waals surface area contributed by atoms with Crippen molar-refractivity contribution < 1.29 is 0 Å². The Morgan fingerprint density at radius 2 is 0.472 bits per heavy atom. The third-order valence-electron chi connectivity index (χ3n) is 15.1. The van der Waals surface area contributed by atoms with Gasteiger partial charge in [-0.2, -0.15) is 0 Å². The topological polar surface area (TPSA) is 24.7 Å². The van der Waals surface area contributed by atoms with E-state index in [-0.39, 0.29) is 0 Å². The number of aryl methyl sites for hydroxylation is 2. The van der Waals surface area contributed by atoms with Gasteiger partial charge in [-0.1, -0.05) is 320 Å². The summed E-state index contributed by atoms with van der Waals surface area (Å²) in [4.78, 5) is 9.57. The molecule has 0 aliphatic rings. The molecule has 0 N–H and O–H groups in total. The van der Waals surface area contributed by atoms with Crippen LogP contribution >= 0.6 is 0 Å². The van der Waals surface area contributed by atoms with E-state index in [0.717, 1.165) is 49.9 Å². The Hall–Kier alpha value is -3.10. The summed E-state index contributed by atoms with van der Waals surface area (Å²) < 4.78 is 0. The second-order valence-corrected chi connectivity index (χ2v) is 21.9. The predicted octanol–water partition coefficient (Wildman–Crippen LogP) is 23.6. The molecule has 2 heteroatoms. The molecule has 0 aliphatic heterocycles. The molecule has 0 fully saturated rings. The standard InChI is InChI=1S/C70H116N2/c1-3-5-7-9-11-13-15-17-19-21-23-25-27-29-31-33-35-37-39-41-43-45-47-49-51-53-59-67-61-55-57-63-69(67)71-65-66-72-70-64-58-56-62-68(70)60-54-52-50-48-46-44-42-40-38-36-34-32-30-28-26-24-22-20-18-16-14-12-10-8-6-4-2/h55-58,61-66H,3-48,53-54,59-60H2,1-2H3. The maximum Gasteiger partial charge on any atom is 0.0662 e. The number of hydrogen-bond donors (Lipinski definition) is 0. The number of unbranched alkanes of at least 4 members (excludes halogenated alkanes) is 44. The average Bonchev–Trinajstić information content (AvgIpc) is 3.40. The van der Waals surface area contributed by atoms with Crippen LogP contribution in [0.2, 0.25) is 0 Å². The number of rotatable bonds is 51. The highest BCUT2D eigenvalue weighted by Crippen LogP contribution is 2.22. The van der Waals surface area contributed by atoms with Crippen molar-refractivity contribution in [1.29, 1.82) is 0 Å². The van der Waals surface area contributed by atoms with Crippen LogP contribution in [0.4, 0.5) is 11.4 Å². The first-order valence-corrected chi connectivity index (χ1v) is 32.0. The summed E-state index contributed by atoms with van der Waals surface area (Å²) in [5, 5.41) is 0. The van der Waals surface area contributed by atoms with Gasteiger partial charge >= 0.3 is 0 Å². The van der Waals surface area contributed by atoms with Crippen LogP contribution in [0, 0.1) is 23.7 Å². The van der Waals surface area contributed by atoms with Gasteiger partial charge in [-0.25, -0.2) is 0 Å². The van der Waals surface area contributed by atoms with Gasteiger partial charge in [-0.05, 0) is 48.9 Å². The number of hydrogen-bond acceptors (Lipinski definition) is 2. The van der Waals surface area contributed by atoms with Crippen LogP contribution < -0.4 is 0 Å². The molecule has 2 aromatic rings. The predicted molar refractivity (Wildman–Crippen MR) is 325 cm³/mol. The highest BCUT2D eigenvalue weighted by atomic mass is 14.8. The molecule has 2 aromatic carbocycles. The molecule has 0 atom stereocenters. The number of para-hydroxylation sites is 2. The van der Waals surface area contributed by atoms with Crippen molar-refractivity contribution in [3.63, 3.8) is 0 Å². The quantitative estimate of drug-likeness (QED) is 0.0359. The Bertz CT molecular complexity index is 1510. The third kappa shape index (κ3) is 43.3. The Balaban J connectivity index is 1.42. The molecule has 0 bridgehead atoms. The largest absolute Gasteiger partial charge is 0.255 e. The SMILES string of the molecule is CCCCCCCCCCCCCCCCCCCCCCCCC#CCCc1ccccc1N=CC=Nc1ccccc1CCC#CCCCCCCCCCCCCCCCCCCCCCCCC. The van der Waals surface area contributed by atoms with Gasteiger partial charge in [0.1, 0.15) is 0 Å². The zero-order valence-electron chi connectivity index (χ0n) is 48.0. The van der Waals surface area contributed by atoms with E-state index in [2.05, 4.69) is 86.1 Å². The first-order valence-electron chi connectivity index (χ1n) is 32.0. The molecule has 0 amide bonds. The molecular formula is C70H116N2. The monoisotopic (exact) mass is 985 g/mol. The van der Waals surface area contributed by atoms with Gasteiger partial charge in [0.2, 0.25) is 0 Å². The molecule has 0 saturated heterocycles. The zero-order valence-corrected chi connectivity index (χ0v) is 48.0. The van der Waals surface area contributed by atoms with Crippen LogP contribution in [0.1, 0.15) is 333 Å². The Labute approximate surface area is 449 Å². The molecule has 0 spiro atoms. The van der Waals surface area contributed by atoms with Crippen LogP contribution in [-0.4, -0.2) is 12.4 Å². The molecule has 2 rings (SSSR count). The lowest BCUT2D eigenvalue weighted by molar-refractivity contribution is 0.519. The maximum atomic E-state index is 4.79. The summed E-state index contributed by atoms with van der Waals surface area (Å²) in [5.41, 5.74) is 4.53. The van der Waals surface area contributed by atoms with E-state index in [0.29, 0.717) is 0 Å². The van der Waals surface area contributed by atoms with E-state index < -0.39 is 0 Å². The molecule has 406 valence electrons. The molecule has 0 unspecified atom stereocenters. The lowest BCUT2D eigenvalue weighted by Crippen LogP contribution is -1.87. The number of benzene rings is 2. The normalized spacial score (nSPS) is 11.4. The van der Waals surface area contributed by atoms with Gasteiger partial charge in [-0.3, -0.25) is 9.98 Å². The van der Waals surface area contributed by atoms with Crippen molar-refractivity contribution >= 4 is 23.8 Å². The molecule has 0 saturated carbocycles. The summed E-state index contributed by atoms with van der Waals surface area (Å²) in [6.45, 7) is 4.61. The number of aliphatic imine (C=N–C) groups is 2. The van der Waals surface area contributed by atoms with E-state index in [4.69, 9.17) is 9.98 Å². The first-order chi connectivity index (χ1) is 35.8. The zero-order chi connectivity index (χ0) is 51.0. The fourth-order valence-corrected chi connectivity index (χ4v) is 10.3. The summed E-state index contributed by atoms with van der Waals surface area (Å²) in [6.07, 6.45) is 72.2. The minimum atomic E-state index is 0.885. The minimum absolute atomic E-state index is 0.885. The second-order valence-electron chi connectivity index (χ2n) is 21.9. The fourth-order valence-electron chi connectivity index (χ4n) is 10.3. The Morgan fingerprint density at radius 1 is 0.264 bits per heavy atom. The van der Waals surface area contributed by atoms with Crippen molar-refractivity contribution in [1.82, 2.24) is 0 Å². The Morgan fingerprint density at radius 3 is 0.722 bits per heavy atom.